The van der Waals surface area contributed by atoms with E-state index in [4.69, 9.17) is 0 Å². The summed E-state index contributed by atoms with van der Waals surface area (Å²) in [4.78, 5) is 22.8. The molecule has 19 heavy (non-hydrogen) atoms. The maximum Gasteiger partial charge on any atom is 0.261 e. The fraction of sp³-hybridized carbons (Fsp3) is 0.417. The average molecular weight is 280 g/mol. The van der Waals surface area contributed by atoms with Crippen molar-refractivity contribution in [2.75, 3.05) is 18.1 Å². The molecule has 102 valence electrons. The molecule has 2 heterocycles. The van der Waals surface area contributed by atoms with Crippen LogP contribution in [0, 0.1) is 0 Å². The molecule has 0 radical (unpaired) electrons. The number of rotatable bonds is 5. The molecule has 2 rings (SSSR count). The molecule has 0 aliphatic rings. The van der Waals surface area contributed by atoms with E-state index in [-0.39, 0.29) is 10.7 Å². The highest BCUT2D eigenvalue weighted by Crippen LogP contribution is 2.17. The van der Waals surface area contributed by atoms with Gasteiger partial charge in [0.2, 0.25) is 5.16 Å². The van der Waals surface area contributed by atoms with Crippen molar-refractivity contribution in [2.45, 2.75) is 24.9 Å². The number of H-pyrrole nitrogens is 1. The summed E-state index contributed by atoms with van der Waals surface area (Å²) in [6.45, 7) is 2.80. The van der Waals surface area contributed by atoms with Crippen molar-refractivity contribution in [3.63, 3.8) is 0 Å². The van der Waals surface area contributed by atoms with Gasteiger partial charge in [-0.05, 0) is 12.5 Å². The number of anilines is 1. The summed E-state index contributed by atoms with van der Waals surface area (Å²) in [7, 11) is -1.28. The van der Waals surface area contributed by atoms with E-state index in [1.807, 2.05) is 0 Å². The molecule has 0 aliphatic carbocycles. The molecule has 7 heteroatoms. The van der Waals surface area contributed by atoms with E-state index in [0.29, 0.717) is 23.3 Å². The summed E-state index contributed by atoms with van der Waals surface area (Å²) in [6, 6.07) is 1.68. The molecular formula is C12H16N4O2S. The van der Waals surface area contributed by atoms with Crippen LogP contribution in [0.3, 0.4) is 0 Å². The number of hydrogen-bond acceptors (Lipinski definition) is 5. The van der Waals surface area contributed by atoms with Gasteiger partial charge < -0.3 is 10.3 Å². The minimum Gasteiger partial charge on any atom is -0.369 e. The molecule has 0 saturated carbocycles. The van der Waals surface area contributed by atoms with Crippen LogP contribution < -0.4 is 10.9 Å². The Morgan fingerprint density at radius 2 is 2.21 bits per heavy atom. The lowest BCUT2D eigenvalue weighted by Gasteiger charge is -2.08. The number of unbranched alkanes of at least 4 members (excludes halogenated alkanes) is 1. The van der Waals surface area contributed by atoms with Crippen molar-refractivity contribution in [3.05, 3.63) is 22.6 Å². The van der Waals surface area contributed by atoms with Gasteiger partial charge >= 0.3 is 0 Å². The van der Waals surface area contributed by atoms with Gasteiger partial charge in [0.05, 0.1) is 16.3 Å². The second kappa shape index (κ2) is 5.92. The molecule has 0 spiro atoms. The van der Waals surface area contributed by atoms with Crippen molar-refractivity contribution in [2.24, 2.45) is 0 Å². The van der Waals surface area contributed by atoms with Crippen LogP contribution in [0.4, 0.5) is 5.82 Å². The van der Waals surface area contributed by atoms with Gasteiger partial charge in [0.15, 0.2) is 0 Å². The molecule has 1 atom stereocenters. The van der Waals surface area contributed by atoms with Crippen molar-refractivity contribution in [3.8, 4) is 0 Å². The lowest BCUT2D eigenvalue weighted by atomic mass is 10.3. The zero-order valence-corrected chi connectivity index (χ0v) is 11.7. The van der Waals surface area contributed by atoms with Crippen molar-refractivity contribution < 1.29 is 4.21 Å². The second-order valence-corrected chi connectivity index (χ2v) is 5.43. The Balaban J connectivity index is 2.56. The zero-order valence-electron chi connectivity index (χ0n) is 10.9. The quantitative estimate of drug-likeness (QED) is 0.636. The van der Waals surface area contributed by atoms with Crippen molar-refractivity contribution >= 4 is 27.5 Å². The van der Waals surface area contributed by atoms with E-state index < -0.39 is 10.8 Å². The molecule has 1 unspecified atom stereocenters. The summed E-state index contributed by atoms with van der Waals surface area (Å²) < 4.78 is 11.5. The Hall–Kier alpha value is -1.76. The summed E-state index contributed by atoms with van der Waals surface area (Å²) in [5, 5.41) is 3.76. The predicted octanol–water partition coefficient (Wildman–Crippen LogP) is 1.27. The van der Waals surface area contributed by atoms with Gasteiger partial charge in [-0.15, -0.1) is 0 Å². The average Bonchev–Trinajstić information content (AvgIpc) is 2.38. The number of nitrogens with one attached hydrogen (secondary N) is 2. The maximum absolute atomic E-state index is 11.9. The maximum atomic E-state index is 11.9. The number of nitrogens with zero attached hydrogens (tertiary/aromatic N) is 2. The van der Waals surface area contributed by atoms with Gasteiger partial charge in [0.25, 0.3) is 5.56 Å². The Labute approximate surface area is 113 Å². The van der Waals surface area contributed by atoms with E-state index >= 15 is 0 Å². The Morgan fingerprint density at radius 1 is 1.42 bits per heavy atom. The minimum atomic E-state index is -1.28. The molecular weight excluding hydrogens is 264 g/mol. The first-order valence-corrected chi connectivity index (χ1v) is 7.66. The van der Waals surface area contributed by atoms with Crippen molar-refractivity contribution in [1.82, 2.24) is 15.0 Å². The normalized spacial score (nSPS) is 12.5. The Bertz CT molecular complexity index is 668. The summed E-state index contributed by atoms with van der Waals surface area (Å²) in [5.74, 6) is 0.450. The third-order valence-electron chi connectivity index (χ3n) is 2.68. The SMILES string of the molecule is CCCCNc1nc(S(C)=O)nc2cc[nH]c(=O)c12. The van der Waals surface area contributed by atoms with Gasteiger partial charge in [0.1, 0.15) is 11.2 Å². The molecule has 2 aromatic heterocycles. The van der Waals surface area contributed by atoms with E-state index in [9.17, 15) is 9.00 Å². The smallest absolute Gasteiger partial charge is 0.261 e. The Morgan fingerprint density at radius 3 is 2.89 bits per heavy atom. The largest absolute Gasteiger partial charge is 0.369 e. The fourth-order valence-corrected chi connectivity index (χ4v) is 2.16. The van der Waals surface area contributed by atoms with E-state index in [1.165, 1.54) is 12.5 Å². The van der Waals surface area contributed by atoms with Crippen LogP contribution in [0.25, 0.3) is 10.9 Å². The molecule has 6 nitrogen and oxygen atoms in total. The van der Waals surface area contributed by atoms with Gasteiger partial charge in [-0.2, -0.15) is 0 Å². The first-order chi connectivity index (χ1) is 9.13. The third-order valence-corrected chi connectivity index (χ3v) is 3.38. The number of fused-ring (bicyclic) bond motifs is 1. The van der Waals surface area contributed by atoms with Crippen molar-refractivity contribution in [1.29, 1.82) is 0 Å². The van der Waals surface area contributed by atoms with Gasteiger partial charge in [0, 0.05) is 19.0 Å². The molecule has 0 bridgehead atoms. The molecule has 0 amide bonds. The highest BCUT2D eigenvalue weighted by atomic mass is 32.2. The summed E-state index contributed by atoms with van der Waals surface area (Å²) in [6.07, 6.45) is 5.06. The predicted molar refractivity (Wildman–Crippen MR) is 75.9 cm³/mol. The second-order valence-electron chi connectivity index (χ2n) is 4.16. The van der Waals surface area contributed by atoms with Crippen LogP contribution in [0.5, 0.6) is 0 Å². The minimum absolute atomic E-state index is 0.233. The topological polar surface area (TPSA) is 87.7 Å². The number of aromatic nitrogens is 3. The Kier molecular flexibility index (Phi) is 4.26. The molecule has 0 aliphatic heterocycles. The fourth-order valence-electron chi connectivity index (χ4n) is 1.71. The van der Waals surface area contributed by atoms with Crippen LogP contribution in [0.2, 0.25) is 0 Å². The highest BCUT2D eigenvalue weighted by molar-refractivity contribution is 7.84. The van der Waals surface area contributed by atoms with Crippen LogP contribution in [0.15, 0.2) is 22.2 Å². The van der Waals surface area contributed by atoms with E-state index in [0.717, 1.165) is 12.8 Å². The summed E-state index contributed by atoms with van der Waals surface area (Å²) in [5.41, 5.74) is 0.257. The van der Waals surface area contributed by atoms with Crippen LogP contribution in [-0.4, -0.2) is 32.0 Å². The standard InChI is InChI=1S/C12H16N4O2S/c1-3-4-6-13-10-9-8(5-7-14-11(9)17)15-12(16-10)19(2)18/h5,7H,3-4,6H2,1-2H3,(H,14,17)(H,13,15,16). The third kappa shape index (κ3) is 2.98. The zero-order chi connectivity index (χ0) is 13.8. The number of hydrogen-bond donors (Lipinski definition) is 2. The molecule has 0 fully saturated rings. The number of pyridine rings is 1. The molecule has 0 aromatic carbocycles. The molecule has 2 N–H and O–H groups in total. The van der Waals surface area contributed by atoms with E-state index in [2.05, 4.69) is 27.2 Å². The molecule has 0 saturated heterocycles. The molecule has 2 aromatic rings. The van der Waals surface area contributed by atoms with Gasteiger partial charge in [-0.3, -0.25) is 9.00 Å². The van der Waals surface area contributed by atoms with Gasteiger partial charge in [-0.25, -0.2) is 9.97 Å². The van der Waals surface area contributed by atoms with Crippen LogP contribution in [0.1, 0.15) is 19.8 Å². The summed E-state index contributed by atoms with van der Waals surface area (Å²) >= 11 is 0. The van der Waals surface area contributed by atoms with Crippen LogP contribution >= 0.6 is 0 Å². The van der Waals surface area contributed by atoms with Crippen LogP contribution in [-0.2, 0) is 10.8 Å². The first kappa shape index (κ1) is 13.7. The van der Waals surface area contributed by atoms with Gasteiger partial charge in [-0.1, -0.05) is 13.3 Å². The number of aromatic amines is 1. The lowest BCUT2D eigenvalue weighted by molar-refractivity contribution is 0.680. The van der Waals surface area contributed by atoms with E-state index in [1.54, 1.807) is 6.07 Å². The first-order valence-electron chi connectivity index (χ1n) is 6.10. The lowest BCUT2D eigenvalue weighted by Crippen LogP contribution is -2.14. The highest BCUT2D eigenvalue weighted by Gasteiger charge is 2.12. The monoisotopic (exact) mass is 280 g/mol.